The van der Waals surface area contributed by atoms with Crippen molar-refractivity contribution in [2.75, 3.05) is 0 Å². The predicted molar refractivity (Wildman–Crippen MR) is 54.5 cm³/mol. The van der Waals surface area contributed by atoms with Crippen LogP contribution in [0.3, 0.4) is 0 Å². The molecule has 0 saturated carbocycles. The molecule has 0 heterocycles. The largest absolute Gasteiger partial charge is 0.508 e. The lowest BCUT2D eigenvalue weighted by Gasteiger charge is -2.08. The van der Waals surface area contributed by atoms with E-state index in [4.69, 9.17) is 5.11 Å². The third-order valence-corrected chi connectivity index (χ3v) is 2.25. The molecule has 1 aliphatic carbocycles. The topological polar surface area (TPSA) is 20.2 Å². The monoisotopic (exact) mass is 172 g/mol. The number of phenols is 1. The maximum Gasteiger partial charge on any atom is 0.115 e. The smallest absolute Gasteiger partial charge is 0.115 e. The van der Waals surface area contributed by atoms with Gasteiger partial charge in [0.1, 0.15) is 5.75 Å². The molecule has 1 nitrogen and oxygen atoms in total. The third-order valence-electron chi connectivity index (χ3n) is 2.25. The Balaban J connectivity index is 2.30. The van der Waals surface area contributed by atoms with Gasteiger partial charge in [-0.3, -0.25) is 0 Å². The molecule has 0 saturated heterocycles. The first kappa shape index (κ1) is 8.11. The molecule has 1 aromatic carbocycles. The van der Waals surface area contributed by atoms with Crippen LogP contribution in [-0.4, -0.2) is 5.11 Å². The Morgan fingerprint density at radius 3 is 2.46 bits per heavy atom. The molecular formula is C12H12O. The fourth-order valence-corrected chi connectivity index (χ4v) is 1.52. The molecule has 0 amide bonds. The molecule has 1 N–H and O–H groups in total. The summed E-state index contributed by atoms with van der Waals surface area (Å²) >= 11 is 0. The zero-order valence-corrected chi connectivity index (χ0v) is 7.40. The standard InChI is InChI=1S/C12H12O/c13-12-8-6-11(7-9-12)10-4-2-1-3-5-10/h1-2,4,6-9,13H,3,5H2. The molecule has 0 fully saturated rings. The third kappa shape index (κ3) is 1.81. The SMILES string of the molecule is Oc1ccc(C2=CC=CCC2)cc1. The lowest BCUT2D eigenvalue weighted by atomic mass is 9.97. The summed E-state index contributed by atoms with van der Waals surface area (Å²) in [5.41, 5.74) is 2.56. The van der Waals surface area contributed by atoms with Gasteiger partial charge in [-0.05, 0) is 36.1 Å². The second-order valence-corrected chi connectivity index (χ2v) is 3.21. The maximum absolute atomic E-state index is 9.12. The van der Waals surface area contributed by atoms with Crippen molar-refractivity contribution in [3.8, 4) is 5.75 Å². The van der Waals surface area contributed by atoms with E-state index in [9.17, 15) is 0 Å². The van der Waals surface area contributed by atoms with Gasteiger partial charge in [-0.25, -0.2) is 0 Å². The normalized spacial score (nSPS) is 15.5. The van der Waals surface area contributed by atoms with Crippen molar-refractivity contribution in [3.63, 3.8) is 0 Å². The summed E-state index contributed by atoms with van der Waals surface area (Å²) in [4.78, 5) is 0. The lowest BCUT2D eigenvalue weighted by molar-refractivity contribution is 0.475. The van der Waals surface area contributed by atoms with Gasteiger partial charge in [0, 0.05) is 0 Å². The van der Waals surface area contributed by atoms with E-state index < -0.39 is 0 Å². The summed E-state index contributed by atoms with van der Waals surface area (Å²) in [5, 5.41) is 9.12. The van der Waals surface area contributed by atoms with Crippen LogP contribution < -0.4 is 0 Å². The Labute approximate surface area is 78.0 Å². The number of benzene rings is 1. The summed E-state index contributed by atoms with van der Waals surface area (Å²) in [6, 6.07) is 7.38. The van der Waals surface area contributed by atoms with Gasteiger partial charge in [-0.2, -0.15) is 0 Å². The van der Waals surface area contributed by atoms with E-state index in [1.807, 2.05) is 12.1 Å². The quantitative estimate of drug-likeness (QED) is 0.690. The Morgan fingerprint density at radius 2 is 1.85 bits per heavy atom. The molecule has 0 unspecified atom stereocenters. The maximum atomic E-state index is 9.12. The predicted octanol–water partition coefficient (Wildman–Crippen LogP) is 3.13. The highest BCUT2D eigenvalue weighted by Crippen LogP contribution is 2.24. The minimum Gasteiger partial charge on any atom is -0.508 e. The van der Waals surface area contributed by atoms with Gasteiger partial charge >= 0.3 is 0 Å². The Bertz CT molecular complexity index is 344. The van der Waals surface area contributed by atoms with Crippen LogP contribution in [0.25, 0.3) is 5.57 Å². The van der Waals surface area contributed by atoms with E-state index in [2.05, 4.69) is 18.2 Å². The molecule has 1 aliphatic rings. The van der Waals surface area contributed by atoms with E-state index in [0.717, 1.165) is 12.8 Å². The number of allylic oxidation sites excluding steroid dienone is 4. The van der Waals surface area contributed by atoms with Crippen molar-refractivity contribution in [3.05, 3.63) is 48.1 Å². The van der Waals surface area contributed by atoms with Crippen LogP contribution in [0.5, 0.6) is 5.75 Å². The van der Waals surface area contributed by atoms with Crippen LogP contribution in [0.2, 0.25) is 0 Å². The minimum absolute atomic E-state index is 0.329. The summed E-state index contributed by atoms with van der Waals surface area (Å²) in [6.07, 6.45) is 8.61. The summed E-state index contributed by atoms with van der Waals surface area (Å²) < 4.78 is 0. The molecule has 66 valence electrons. The van der Waals surface area contributed by atoms with Gasteiger partial charge < -0.3 is 5.11 Å². The molecule has 1 heteroatoms. The highest BCUT2D eigenvalue weighted by Gasteiger charge is 2.02. The molecule has 1 aromatic rings. The molecule has 0 radical (unpaired) electrons. The van der Waals surface area contributed by atoms with Crippen LogP contribution in [0.4, 0.5) is 0 Å². The average Bonchev–Trinajstić information content (AvgIpc) is 2.20. The zero-order chi connectivity index (χ0) is 9.10. The van der Waals surface area contributed by atoms with Gasteiger partial charge in [0.05, 0.1) is 0 Å². The van der Waals surface area contributed by atoms with E-state index in [0.29, 0.717) is 5.75 Å². The van der Waals surface area contributed by atoms with E-state index in [-0.39, 0.29) is 0 Å². The van der Waals surface area contributed by atoms with Gasteiger partial charge in [-0.1, -0.05) is 30.4 Å². The Kier molecular flexibility index (Phi) is 2.17. The van der Waals surface area contributed by atoms with Crippen molar-refractivity contribution in [2.24, 2.45) is 0 Å². The first-order valence-corrected chi connectivity index (χ1v) is 4.51. The van der Waals surface area contributed by atoms with Gasteiger partial charge in [0.2, 0.25) is 0 Å². The van der Waals surface area contributed by atoms with Gasteiger partial charge in [0.25, 0.3) is 0 Å². The van der Waals surface area contributed by atoms with Crippen LogP contribution in [-0.2, 0) is 0 Å². The van der Waals surface area contributed by atoms with Crippen molar-refractivity contribution in [2.45, 2.75) is 12.8 Å². The molecule has 13 heavy (non-hydrogen) atoms. The zero-order valence-electron chi connectivity index (χ0n) is 7.40. The lowest BCUT2D eigenvalue weighted by Crippen LogP contribution is -1.86. The molecular weight excluding hydrogens is 160 g/mol. The average molecular weight is 172 g/mol. The van der Waals surface area contributed by atoms with Crippen molar-refractivity contribution in [1.82, 2.24) is 0 Å². The van der Waals surface area contributed by atoms with Gasteiger partial charge in [-0.15, -0.1) is 0 Å². The Hall–Kier alpha value is -1.50. The second kappa shape index (κ2) is 3.48. The second-order valence-electron chi connectivity index (χ2n) is 3.21. The van der Waals surface area contributed by atoms with Crippen LogP contribution >= 0.6 is 0 Å². The van der Waals surface area contributed by atoms with E-state index in [1.165, 1.54) is 11.1 Å². The highest BCUT2D eigenvalue weighted by molar-refractivity contribution is 5.68. The summed E-state index contributed by atoms with van der Waals surface area (Å²) in [6.45, 7) is 0. The number of hydrogen-bond acceptors (Lipinski definition) is 1. The van der Waals surface area contributed by atoms with Crippen molar-refractivity contribution < 1.29 is 5.11 Å². The first-order valence-electron chi connectivity index (χ1n) is 4.51. The van der Waals surface area contributed by atoms with Crippen molar-refractivity contribution in [1.29, 1.82) is 0 Å². The molecule has 2 rings (SSSR count). The first-order chi connectivity index (χ1) is 6.36. The highest BCUT2D eigenvalue weighted by atomic mass is 16.3. The fourth-order valence-electron chi connectivity index (χ4n) is 1.52. The summed E-state index contributed by atoms with van der Waals surface area (Å²) in [7, 11) is 0. The number of rotatable bonds is 1. The fraction of sp³-hybridized carbons (Fsp3) is 0.167. The van der Waals surface area contributed by atoms with E-state index >= 15 is 0 Å². The van der Waals surface area contributed by atoms with Crippen molar-refractivity contribution >= 4 is 5.57 Å². The molecule has 0 spiro atoms. The van der Waals surface area contributed by atoms with Gasteiger partial charge in [0.15, 0.2) is 0 Å². The number of aromatic hydroxyl groups is 1. The Morgan fingerprint density at radius 1 is 1.08 bits per heavy atom. The molecule has 0 aromatic heterocycles. The van der Waals surface area contributed by atoms with Crippen LogP contribution in [0, 0.1) is 0 Å². The number of phenolic OH excluding ortho intramolecular Hbond substituents is 1. The minimum atomic E-state index is 0.329. The van der Waals surface area contributed by atoms with Crippen LogP contribution in [0.1, 0.15) is 18.4 Å². The van der Waals surface area contributed by atoms with E-state index in [1.54, 1.807) is 12.1 Å². The summed E-state index contributed by atoms with van der Waals surface area (Å²) in [5.74, 6) is 0.329. The van der Waals surface area contributed by atoms with Crippen LogP contribution in [0.15, 0.2) is 42.5 Å². The molecule has 0 aliphatic heterocycles. The number of hydrogen-bond donors (Lipinski definition) is 1. The molecule has 0 bridgehead atoms. The molecule has 0 atom stereocenters.